The van der Waals surface area contributed by atoms with Crippen molar-refractivity contribution in [3.8, 4) is 0 Å². The summed E-state index contributed by atoms with van der Waals surface area (Å²) >= 11 is 0. The molecule has 1 atom stereocenters. The summed E-state index contributed by atoms with van der Waals surface area (Å²) in [7, 11) is 0. The second-order valence-electron chi connectivity index (χ2n) is 4.18. The summed E-state index contributed by atoms with van der Waals surface area (Å²) in [5, 5.41) is 0. The molecule has 0 bridgehead atoms. The van der Waals surface area contributed by atoms with Crippen LogP contribution in [0.25, 0.3) is 0 Å². The Balaban J connectivity index is 2.00. The van der Waals surface area contributed by atoms with Crippen molar-refractivity contribution in [2.24, 2.45) is 5.92 Å². The zero-order valence-corrected chi connectivity index (χ0v) is 8.38. The number of cyclic esters (lactones) is 2. The van der Waals surface area contributed by atoms with Crippen molar-refractivity contribution >= 4 is 6.16 Å². The summed E-state index contributed by atoms with van der Waals surface area (Å²) < 4.78 is 36.5. The Morgan fingerprint density at radius 2 is 1.87 bits per heavy atom. The van der Waals surface area contributed by atoms with E-state index in [1.165, 1.54) is 0 Å². The zero-order valence-electron chi connectivity index (χ0n) is 8.38. The molecule has 1 saturated carbocycles. The maximum atomic E-state index is 13.8. The summed E-state index contributed by atoms with van der Waals surface area (Å²) in [5.74, 6) is -3.60. The molecule has 0 amide bonds. The van der Waals surface area contributed by atoms with E-state index in [0.29, 0.717) is 12.8 Å². The Bertz CT molecular complexity index is 249. The van der Waals surface area contributed by atoms with Crippen molar-refractivity contribution in [1.29, 1.82) is 0 Å². The van der Waals surface area contributed by atoms with Crippen molar-refractivity contribution in [1.82, 2.24) is 0 Å². The number of carbonyl (C=O) groups is 1. The topological polar surface area (TPSA) is 35.5 Å². The van der Waals surface area contributed by atoms with E-state index < -0.39 is 24.1 Å². The van der Waals surface area contributed by atoms with Crippen LogP contribution >= 0.6 is 0 Å². The lowest BCUT2D eigenvalue weighted by Crippen LogP contribution is -2.43. The molecule has 2 rings (SSSR count). The molecular weight excluding hydrogens is 206 g/mol. The van der Waals surface area contributed by atoms with Crippen LogP contribution in [0.1, 0.15) is 32.1 Å². The zero-order chi connectivity index (χ0) is 10.9. The minimum Gasteiger partial charge on any atom is -0.430 e. The van der Waals surface area contributed by atoms with E-state index in [4.69, 9.17) is 0 Å². The van der Waals surface area contributed by atoms with Gasteiger partial charge in [0.25, 0.3) is 5.92 Å². The Kier molecular flexibility index (Phi) is 2.80. The number of ether oxygens (including phenoxy) is 2. The van der Waals surface area contributed by atoms with Gasteiger partial charge in [0.15, 0.2) is 0 Å². The van der Waals surface area contributed by atoms with Crippen molar-refractivity contribution in [2.75, 3.05) is 6.61 Å². The summed E-state index contributed by atoms with van der Waals surface area (Å²) in [6.07, 6.45) is 1.36. The van der Waals surface area contributed by atoms with Crippen molar-refractivity contribution in [2.45, 2.75) is 44.1 Å². The average molecular weight is 220 g/mol. The summed E-state index contributed by atoms with van der Waals surface area (Å²) in [4.78, 5) is 10.6. The molecule has 86 valence electrons. The van der Waals surface area contributed by atoms with E-state index in [-0.39, 0.29) is 6.61 Å². The van der Waals surface area contributed by atoms with Crippen LogP contribution in [-0.2, 0) is 9.47 Å². The standard InChI is InChI=1S/C10H14F2O3/c11-10(12,7-4-2-1-3-5-7)8-6-14-9(13)15-8/h7-8H,1-6H2. The molecule has 2 aliphatic rings. The highest BCUT2D eigenvalue weighted by molar-refractivity contribution is 5.62. The van der Waals surface area contributed by atoms with Crippen molar-refractivity contribution in [3.63, 3.8) is 0 Å². The molecule has 15 heavy (non-hydrogen) atoms. The van der Waals surface area contributed by atoms with Crippen LogP contribution in [0, 0.1) is 5.92 Å². The molecule has 0 N–H and O–H groups in total. The lowest BCUT2D eigenvalue weighted by molar-refractivity contribution is -0.143. The van der Waals surface area contributed by atoms with Gasteiger partial charge in [-0.1, -0.05) is 19.3 Å². The fourth-order valence-electron chi connectivity index (χ4n) is 2.27. The fourth-order valence-corrected chi connectivity index (χ4v) is 2.27. The van der Waals surface area contributed by atoms with Crippen LogP contribution in [0.3, 0.4) is 0 Å². The Hall–Kier alpha value is -0.870. The van der Waals surface area contributed by atoms with Crippen LogP contribution in [0.5, 0.6) is 0 Å². The van der Waals surface area contributed by atoms with Gasteiger partial charge in [-0.25, -0.2) is 13.6 Å². The molecule has 2 fully saturated rings. The highest BCUT2D eigenvalue weighted by atomic mass is 19.3. The molecule has 3 nitrogen and oxygen atoms in total. The van der Waals surface area contributed by atoms with E-state index in [1.807, 2.05) is 0 Å². The largest absolute Gasteiger partial charge is 0.509 e. The van der Waals surface area contributed by atoms with Gasteiger partial charge >= 0.3 is 6.16 Å². The molecule has 5 heteroatoms. The van der Waals surface area contributed by atoms with Crippen LogP contribution in [0.15, 0.2) is 0 Å². The van der Waals surface area contributed by atoms with Crippen molar-refractivity contribution in [3.05, 3.63) is 0 Å². The number of alkyl halides is 2. The van der Waals surface area contributed by atoms with Crippen LogP contribution in [0.2, 0.25) is 0 Å². The first-order valence-electron chi connectivity index (χ1n) is 5.32. The Labute approximate surface area is 86.7 Å². The van der Waals surface area contributed by atoms with Crippen LogP contribution < -0.4 is 0 Å². The third kappa shape index (κ3) is 2.06. The van der Waals surface area contributed by atoms with E-state index in [2.05, 4.69) is 9.47 Å². The number of hydrogen-bond donors (Lipinski definition) is 0. The second-order valence-corrected chi connectivity index (χ2v) is 4.18. The van der Waals surface area contributed by atoms with Gasteiger partial charge in [-0.05, 0) is 12.8 Å². The van der Waals surface area contributed by atoms with E-state index in [9.17, 15) is 13.6 Å². The summed E-state index contributed by atoms with van der Waals surface area (Å²) in [5.41, 5.74) is 0. The van der Waals surface area contributed by atoms with Gasteiger partial charge in [0, 0.05) is 5.92 Å². The minimum absolute atomic E-state index is 0.317. The molecule has 0 aromatic carbocycles. The monoisotopic (exact) mass is 220 g/mol. The normalized spacial score (nSPS) is 28.7. The lowest BCUT2D eigenvalue weighted by Gasteiger charge is -2.31. The molecule has 1 unspecified atom stereocenters. The fraction of sp³-hybridized carbons (Fsp3) is 0.900. The van der Waals surface area contributed by atoms with Crippen LogP contribution in [0.4, 0.5) is 13.6 Å². The predicted molar refractivity (Wildman–Crippen MR) is 47.7 cm³/mol. The Morgan fingerprint density at radius 1 is 1.20 bits per heavy atom. The maximum Gasteiger partial charge on any atom is 0.509 e. The first-order valence-corrected chi connectivity index (χ1v) is 5.32. The molecule has 1 aliphatic carbocycles. The van der Waals surface area contributed by atoms with Crippen molar-refractivity contribution < 1.29 is 23.0 Å². The molecule has 0 radical (unpaired) electrons. The van der Waals surface area contributed by atoms with Gasteiger partial charge in [-0.15, -0.1) is 0 Å². The summed E-state index contributed by atoms with van der Waals surface area (Å²) in [6.45, 7) is -0.317. The second kappa shape index (κ2) is 3.94. The molecule has 1 saturated heterocycles. The average Bonchev–Trinajstić information content (AvgIpc) is 2.67. The van der Waals surface area contributed by atoms with Gasteiger partial charge < -0.3 is 9.47 Å². The van der Waals surface area contributed by atoms with Crippen LogP contribution in [-0.4, -0.2) is 24.8 Å². The number of halogens is 2. The number of rotatable bonds is 2. The van der Waals surface area contributed by atoms with Gasteiger partial charge in [0.1, 0.15) is 6.61 Å². The lowest BCUT2D eigenvalue weighted by atomic mass is 9.82. The minimum atomic E-state index is -2.94. The highest BCUT2D eigenvalue weighted by Gasteiger charge is 2.52. The van der Waals surface area contributed by atoms with Gasteiger partial charge in [-0.3, -0.25) is 0 Å². The molecule has 0 aromatic heterocycles. The summed E-state index contributed by atoms with van der Waals surface area (Å²) in [6, 6.07) is 0. The van der Waals surface area contributed by atoms with E-state index in [0.717, 1.165) is 19.3 Å². The maximum absolute atomic E-state index is 13.8. The highest BCUT2D eigenvalue weighted by Crippen LogP contribution is 2.40. The smallest absolute Gasteiger partial charge is 0.430 e. The van der Waals surface area contributed by atoms with E-state index >= 15 is 0 Å². The SMILES string of the molecule is O=C1OCC(C(F)(F)C2CCCCC2)O1. The van der Waals surface area contributed by atoms with Gasteiger partial charge in [-0.2, -0.15) is 0 Å². The molecule has 0 spiro atoms. The number of carbonyl (C=O) groups excluding carboxylic acids is 1. The van der Waals surface area contributed by atoms with Gasteiger partial charge in [0.2, 0.25) is 6.10 Å². The third-order valence-electron chi connectivity index (χ3n) is 3.17. The Morgan fingerprint density at radius 3 is 2.40 bits per heavy atom. The molecule has 1 aliphatic heterocycles. The number of hydrogen-bond acceptors (Lipinski definition) is 3. The molecule has 0 aromatic rings. The quantitative estimate of drug-likeness (QED) is 0.671. The third-order valence-corrected chi connectivity index (χ3v) is 3.17. The first-order chi connectivity index (χ1) is 7.10. The molecule has 1 heterocycles. The molecular formula is C10H14F2O3. The van der Waals surface area contributed by atoms with Gasteiger partial charge in [0.05, 0.1) is 0 Å². The first kappa shape index (κ1) is 10.6. The predicted octanol–water partition coefficient (Wildman–Crippen LogP) is 2.74. The van der Waals surface area contributed by atoms with E-state index in [1.54, 1.807) is 0 Å².